The highest BCUT2D eigenvalue weighted by atomic mass is 16.7. The largest absolute Gasteiger partial charge is 0.394 e. The maximum absolute atomic E-state index is 13.4. The summed E-state index contributed by atoms with van der Waals surface area (Å²) >= 11 is 0. The Balaban J connectivity index is 1.66. The van der Waals surface area contributed by atoms with Gasteiger partial charge in [-0.2, -0.15) is 0 Å². The molecule has 14 nitrogen and oxygen atoms in total. The van der Waals surface area contributed by atoms with Gasteiger partial charge in [-0.15, -0.1) is 0 Å². The molecule has 1 amide bonds. The summed E-state index contributed by atoms with van der Waals surface area (Å²) < 4.78 is 22.9. The van der Waals surface area contributed by atoms with Crippen LogP contribution in [-0.4, -0.2) is 140 Å². The lowest BCUT2D eigenvalue weighted by atomic mass is 9.97. The molecule has 2 heterocycles. The van der Waals surface area contributed by atoms with Gasteiger partial charge in [0.05, 0.1) is 32.0 Å². The maximum Gasteiger partial charge on any atom is 0.220 e. The van der Waals surface area contributed by atoms with Gasteiger partial charge in [-0.05, 0) is 83.5 Å². The highest BCUT2D eigenvalue weighted by Crippen LogP contribution is 2.30. The van der Waals surface area contributed by atoms with Gasteiger partial charge in [0.1, 0.15) is 48.8 Å². The Morgan fingerprint density at radius 3 is 1.16 bits per heavy atom. The van der Waals surface area contributed by atoms with Gasteiger partial charge >= 0.3 is 0 Å². The van der Waals surface area contributed by atoms with Crippen molar-refractivity contribution in [2.45, 2.75) is 351 Å². The average molecular weight is 1280 g/mol. The summed E-state index contributed by atoms with van der Waals surface area (Å²) in [5, 5.41) is 87.5. The highest BCUT2D eigenvalue weighted by Gasteiger charge is 2.51. The number of ether oxygens (including phenoxy) is 4. The Hall–Kier alpha value is -3.35. The van der Waals surface area contributed by atoms with Crippen LogP contribution in [0.1, 0.15) is 277 Å². The molecule has 2 rings (SSSR count). The lowest BCUT2D eigenvalue weighted by Crippen LogP contribution is -2.65. The number of carbonyl (C=O) groups excluding carboxylic acids is 1. The van der Waals surface area contributed by atoms with E-state index < -0.39 is 86.8 Å². The Bertz CT molecular complexity index is 1950. The Labute approximate surface area is 553 Å². The van der Waals surface area contributed by atoms with Crippen LogP contribution in [0.2, 0.25) is 0 Å². The molecule has 91 heavy (non-hydrogen) atoms. The van der Waals surface area contributed by atoms with Crippen LogP contribution in [-0.2, 0) is 23.7 Å². The normalized spacial score (nSPS) is 23.5. The fourth-order valence-corrected chi connectivity index (χ4v) is 11.4. The number of aliphatic hydroxyl groups is 8. The lowest BCUT2D eigenvalue weighted by molar-refractivity contribution is -0.359. The number of carbonyl (C=O) groups is 1. The van der Waals surface area contributed by atoms with Crippen molar-refractivity contribution >= 4 is 5.91 Å². The van der Waals surface area contributed by atoms with Crippen molar-refractivity contribution in [1.29, 1.82) is 0 Å². The molecule has 12 unspecified atom stereocenters. The van der Waals surface area contributed by atoms with E-state index in [0.717, 1.165) is 96.3 Å². The minimum Gasteiger partial charge on any atom is -0.394 e. The predicted octanol–water partition coefficient (Wildman–Crippen LogP) is 15.5. The van der Waals surface area contributed by atoms with Gasteiger partial charge in [0.15, 0.2) is 12.6 Å². The van der Waals surface area contributed by atoms with Crippen LogP contribution in [0.5, 0.6) is 0 Å². The number of hydrogen-bond donors (Lipinski definition) is 9. The minimum absolute atomic E-state index is 0.246. The first-order valence-electron chi connectivity index (χ1n) is 36.6. The van der Waals surface area contributed by atoms with Gasteiger partial charge in [0.2, 0.25) is 5.91 Å². The summed E-state index contributed by atoms with van der Waals surface area (Å²) in [5.74, 6) is -0.246. The number of amides is 1. The highest BCUT2D eigenvalue weighted by molar-refractivity contribution is 5.76. The van der Waals surface area contributed by atoms with Crippen LogP contribution in [0.25, 0.3) is 0 Å². The van der Waals surface area contributed by atoms with Crippen molar-refractivity contribution in [1.82, 2.24) is 5.32 Å². The van der Waals surface area contributed by atoms with E-state index in [0.29, 0.717) is 6.42 Å². The molecule has 2 fully saturated rings. The molecule has 2 aliphatic heterocycles. The van der Waals surface area contributed by atoms with Crippen molar-refractivity contribution in [2.24, 2.45) is 0 Å². The number of hydrogen-bond acceptors (Lipinski definition) is 13. The first kappa shape index (κ1) is 83.7. The third-order valence-corrected chi connectivity index (χ3v) is 17.2. The number of aliphatic hydroxyl groups excluding tert-OH is 8. The molecule has 14 heteroatoms. The molecule has 2 aliphatic rings. The summed E-state index contributed by atoms with van der Waals surface area (Å²) in [6.07, 6.45) is 69.9. The monoisotopic (exact) mass is 1280 g/mol. The molecule has 0 bridgehead atoms. The molecule has 0 aliphatic carbocycles. The van der Waals surface area contributed by atoms with E-state index >= 15 is 0 Å². The zero-order chi connectivity index (χ0) is 65.9. The summed E-state index contributed by atoms with van der Waals surface area (Å²) in [6, 6.07) is -0.925. The van der Waals surface area contributed by atoms with Gasteiger partial charge in [-0.1, -0.05) is 297 Å². The molecule has 0 saturated carbocycles. The summed E-state index contributed by atoms with van der Waals surface area (Å²) in [5.41, 5.74) is 0. The molecule has 0 aromatic heterocycles. The summed E-state index contributed by atoms with van der Waals surface area (Å²) in [6.45, 7) is 2.70. The summed E-state index contributed by atoms with van der Waals surface area (Å²) in [7, 11) is 0. The first-order valence-corrected chi connectivity index (χ1v) is 36.6. The van der Waals surface area contributed by atoms with Crippen LogP contribution in [0.4, 0.5) is 0 Å². The van der Waals surface area contributed by atoms with E-state index in [9.17, 15) is 45.6 Å². The van der Waals surface area contributed by atoms with E-state index in [1.54, 1.807) is 6.08 Å². The zero-order valence-corrected chi connectivity index (χ0v) is 57.1. The fourth-order valence-electron chi connectivity index (χ4n) is 11.4. The van der Waals surface area contributed by atoms with Crippen molar-refractivity contribution in [2.75, 3.05) is 19.8 Å². The van der Waals surface area contributed by atoms with Crippen LogP contribution in [0.15, 0.2) is 109 Å². The van der Waals surface area contributed by atoms with Gasteiger partial charge in [-0.3, -0.25) is 4.79 Å². The van der Waals surface area contributed by atoms with Gasteiger partial charge in [0.25, 0.3) is 0 Å². The molecule has 0 aromatic carbocycles. The molecule has 0 radical (unpaired) electrons. The molecule has 2 saturated heterocycles. The van der Waals surface area contributed by atoms with E-state index in [1.807, 2.05) is 6.08 Å². The average Bonchev–Trinajstić information content (AvgIpc) is 0.888. The molecular formula is C77H133NO13. The second-order valence-corrected chi connectivity index (χ2v) is 25.3. The predicted molar refractivity (Wildman–Crippen MR) is 373 cm³/mol. The topological polar surface area (TPSA) is 228 Å². The van der Waals surface area contributed by atoms with E-state index in [4.69, 9.17) is 18.9 Å². The van der Waals surface area contributed by atoms with E-state index in [-0.39, 0.29) is 18.9 Å². The number of rotatable bonds is 59. The molecule has 9 N–H and O–H groups in total. The Morgan fingerprint density at radius 2 is 0.758 bits per heavy atom. The van der Waals surface area contributed by atoms with Gasteiger partial charge in [0, 0.05) is 6.42 Å². The smallest absolute Gasteiger partial charge is 0.220 e. The second kappa shape index (κ2) is 60.3. The molecule has 12 atom stereocenters. The van der Waals surface area contributed by atoms with E-state index in [2.05, 4.69) is 116 Å². The number of nitrogens with one attached hydrogen (secondary N) is 1. The second-order valence-electron chi connectivity index (χ2n) is 25.3. The van der Waals surface area contributed by atoms with Crippen LogP contribution in [0, 0.1) is 0 Å². The molecule has 524 valence electrons. The van der Waals surface area contributed by atoms with Crippen LogP contribution in [0.3, 0.4) is 0 Å². The van der Waals surface area contributed by atoms with Crippen LogP contribution >= 0.6 is 0 Å². The van der Waals surface area contributed by atoms with Crippen molar-refractivity contribution < 1.29 is 64.6 Å². The Morgan fingerprint density at radius 1 is 0.407 bits per heavy atom. The minimum atomic E-state index is -1.79. The first-order chi connectivity index (χ1) is 44.6. The molecule has 0 aromatic rings. The molecule has 0 spiro atoms. The Kier molecular flexibility index (Phi) is 55.5. The van der Waals surface area contributed by atoms with E-state index in [1.165, 1.54) is 154 Å². The zero-order valence-electron chi connectivity index (χ0n) is 57.1. The quantitative estimate of drug-likeness (QED) is 0.0204. The van der Waals surface area contributed by atoms with Gasteiger partial charge < -0.3 is 65.1 Å². The van der Waals surface area contributed by atoms with Crippen molar-refractivity contribution in [3.05, 3.63) is 109 Å². The lowest BCUT2D eigenvalue weighted by Gasteiger charge is -2.46. The van der Waals surface area contributed by atoms with Crippen molar-refractivity contribution in [3.63, 3.8) is 0 Å². The third-order valence-electron chi connectivity index (χ3n) is 17.2. The number of allylic oxidation sites excluding steroid dienone is 17. The van der Waals surface area contributed by atoms with Crippen molar-refractivity contribution in [3.8, 4) is 0 Å². The third kappa shape index (κ3) is 44.1. The van der Waals surface area contributed by atoms with Crippen LogP contribution < -0.4 is 5.32 Å². The molecular weight excluding hydrogens is 1150 g/mol. The standard InChI is InChI=1S/C77H133NO13/c1-3-5-7-9-11-13-15-17-19-21-23-25-27-28-29-30-31-32-33-34-35-36-37-38-39-41-43-45-47-49-51-53-55-57-59-61-69(82)78-65(64-88-76-74(87)72(85)75(68(63-80)90-76)91-77-73(86)71(84)70(83)67(62-79)89-77)66(81)60-58-56-54-52-50-48-46-44-42-40-26-24-22-20-18-16-14-12-10-8-6-4-2/h5,7,11,13,17,19,23,25,28-29,31-32,34-35,37-38,58,60,65-68,70-77,79-81,83-87H,3-4,6,8-10,12,14-16,18,20-22,24,26-27,30,33,36,39-57,59,61-64H2,1-2H3,(H,78,82)/b7-5-,13-11-,19-17-,25-23-,29-28-,32-31-,35-34-,38-37-,60-58+. The SMILES string of the molecule is CC/C=C\C/C=C\C/C=C\C/C=C\C/C=C\C/C=C\C/C=C\C/C=C\CCCCCCCCCCCCC(=O)NC(COC1OC(CO)C(OC2OC(CO)C(O)C(O)C2O)C(O)C1O)C(O)/C=C/CCCCCCCCCCCCCCCCCCCCCC. The maximum atomic E-state index is 13.4. The number of unbranched alkanes of at least 4 members (excludes halogenated alkanes) is 30. The summed E-state index contributed by atoms with van der Waals surface area (Å²) in [4.78, 5) is 13.4. The van der Waals surface area contributed by atoms with Gasteiger partial charge in [-0.25, -0.2) is 0 Å². The fraction of sp³-hybridized carbons (Fsp3) is 0.753.